The third-order valence-corrected chi connectivity index (χ3v) is 5.60. The lowest BCUT2D eigenvalue weighted by Crippen LogP contribution is -2.29. The van der Waals surface area contributed by atoms with Gasteiger partial charge >= 0.3 is 0 Å². The van der Waals surface area contributed by atoms with Crippen LogP contribution in [0.4, 0.5) is 0 Å². The van der Waals surface area contributed by atoms with E-state index < -0.39 is 0 Å². The molecule has 132 valence electrons. The molecule has 2 fully saturated rings. The van der Waals surface area contributed by atoms with E-state index >= 15 is 0 Å². The van der Waals surface area contributed by atoms with Crippen LogP contribution in [0.5, 0.6) is 0 Å². The van der Waals surface area contributed by atoms with E-state index in [1.807, 2.05) is 29.8 Å². The molecule has 0 bridgehead atoms. The van der Waals surface area contributed by atoms with Crippen molar-refractivity contribution in [3.05, 3.63) is 46.7 Å². The van der Waals surface area contributed by atoms with E-state index in [0.717, 1.165) is 36.8 Å². The minimum Gasteiger partial charge on any atom is -0.373 e. The molecule has 0 unspecified atom stereocenters. The normalized spacial score (nSPS) is 25.8. The molecule has 4 rings (SSSR count). The predicted octanol–water partition coefficient (Wildman–Crippen LogP) is 1.83. The Balaban J connectivity index is 1.20. The lowest BCUT2D eigenvalue weighted by molar-refractivity contribution is -0.124. The topological polar surface area (TPSA) is 67.4 Å². The zero-order valence-electron chi connectivity index (χ0n) is 14.0. The second-order valence-corrected chi connectivity index (χ2v) is 7.69. The van der Waals surface area contributed by atoms with Gasteiger partial charge in [0.2, 0.25) is 5.91 Å². The number of amides is 1. The van der Waals surface area contributed by atoms with Gasteiger partial charge in [-0.2, -0.15) is 0 Å². The first-order valence-electron chi connectivity index (χ1n) is 8.69. The molecule has 0 aliphatic carbocycles. The van der Waals surface area contributed by atoms with E-state index in [1.54, 1.807) is 17.5 Å². The van der Waals surface area contributed by atoms with Gasteiger partial charge in [-0.05, 0) is 18.6 Å². The maximum absolute atomic E-state index is 12.1. The maximum Gasteiger partial charge on any atom is 0.222 e. The highest BCUT2D eigenvalue weighted by atomic mass is 32.1. The molecule has 0 saturated carbocycles. The number of aromatic nitrogens is 2. The molecule has 2 saturated heterocycles. The van der Waals surface area contributed by atoms with Crippen molar-refractivity contribution in [3.63, 3.8) is 0 Å². The summed E-state index contributed by atoms with van der Waals surface area (Å²) >= 11 is 1.70. The maximum atomic E-state index is 12.1. The van der Waals surface area contributed by atoms with Gasteiger partial charge < -0.3 is 10.1 Å². The first kappa shape index (κ1) is 16.6. The Morgan fingerprint density at radius 1 is 1.32 bits per heavy atom. The van der Waals surface area contributed by atoms with Crippen LogP contribution in [0, 0.1) is 5.92 Å². The van der Waals surface area contributed by atoms with Crippen LogP contribution >= 0.6 is 11.3 Å². The largest absolute Gasteiger partial charge is 0.373 e. The number of hydrogen-bond donors (Lipinski definition) is 1. The molecule has 2 aliphatic rings. The summed E-state index contributed by atoms with van der Waals surface area (Å²) in [5.41, 5.74) is 0.873. The molecule has 2 aromatic heterocycles. The van der Waals surface area contributed by atoms with Crippen LogP contribution < -0.4 is 5.32 Å². The number of thiazole rings is 1. The molecule has 1 N–H and O–H groups in total. The summed E-state index contributed by atoms with van der Waals surface area (Å²) in [4.78, 5) is 23.1. The number of rotatable bonds is 6. The van der Waals surface area contributed by atoms with Gasteiger partial charge in [0.1, 0.15) is 5.01 Å². The van der Waals surface area contributed by atoms with E-state index in [4.69, 9.17) is 4.74 Å². The molecule has 0 aromatic carbocycles. The van der Waals surface area contributed by atoms with Crippen molar-refractivity contribution in [2.75, 3.05) is 13.1 Å². The fourth-order valence-electron chi connectivity index (χ4n) is 3.70. The van der Waals surface area contributed by atoms with Crippen molar-refractivity contribution < 1.29 is 9.53 Å². The summed E-state index contributed by atoms with van der Waals surface area (Å²) in [7, 11) is 0. The zero-order chi connectivity index (χ0) is 17.1. The number of likely N-dealkylation sites (tertiary alicyclic amines) is 1. The van der Waals surface area contributed by atoms with Gasteiger partial charge in [-0.1, -0.05) is 6.07 Å². The van der Waals surface area contributed by atoms with Gasteiger partial charge in [0.25, 0.3) is 0 Å². The van der Waals surface area contributed by atoms with Crippen molar-refractivity contribution in [1.82, 2.24) is 20.2 Å². The molecule has 2 aromatic rings. The summed E-state index contributed by atoms with van der Waals surface area (Å²) in [5, 5.41) is 6.11. The average Bonchev–Trinajstić information content (AvgIpc) is 3.31. The number of carbonyl (C=O) groups is 1. The molecule has 6 nitrogen and oxygen atoms in total. The predicted molar refractivity (Wildman–Crippen MR) is 94.9 cm³/mol. The van der Waals surface area contributed by atoms with Crippen LogP contribution in [0.2, 0.25) is 0 Å². The van der Waals surface area contributed by atoms with E-state index in [2.05, 4.69) is 20.2 Å². The van der Waals surface area contributed by atoms with Crippen LogP contribution in [0.15, 0.2) is 36.0 Å². The molecule has 0 radical (unpaired) electrons. The number of pyridine rings is 1. The van der Waals surface area contributed by atoms with Crippen LogP contribution in [0.3, 0.4) is 0 Å². The lowest BCUT2D eigenvalue weighted by atomic mass is 10.0. The Kier molecular flexibility index (Phi) is 5.05. The minimum absolute atomic E-state index is 0.0373. The molecule has 4 heterocycles. The third kappa shape index (κ3) is 4.23. The molecule has 25 heavy (non-hydrogen) atoms. The second kappa shape index (κ2) is 7.59. The fourth-order valence-corrected chi connectivity index (χ4v) is 4.36. The molecule has 3 atom stereocenters. The van der Waals surface area contributed by atoms with Crippen LogP contribution in [0.1, 0.15) is 23.5 Å². The van der Waals surface area contributed by atoms with E-state index in [9.17, 15) is 4.79 Å². The molecule has 7 heteroatoms. The van der Waals surface area contributed by atoms with Crippen molar-refractivity contribution in [2.24, 2.45) is 5.92 Å². The van der Waals surface area contributed by atoms with Gasteiger partial charge in [0.15, 0.2) is 0 Å². The number of nitrogens with one attached hydrogen (secondary N) is 1. The Morgan fingerprint density at radius 2 is 2.28 bits per heavy atom. The average molecular weight is 358 g/mol. The van der Waals surface area contributed by atoms with Crippen LogP contribution in [-0.4, -0.2) is 46.1 Å². The zero-order valence-corrected chi connectivity index (χ0v) is 14.8. The van der Waals surface area contributed by atoms with Crippen molar-refractivity contribution in [2.45, 2.75) is 38.1 Å². The monoisotopic (exact) mass is 358 g/mol. The van der Waals surface area contributed by atoms with Gasteiger partial charge in [-0.25, -0.2) is 4.98 Å². The number of hydrogen-bond acceptors (Lipinski definition) is 6. The number of nitrogens with zero attached hydrogens (tertiary/aromatic N) is 3. The van der Waals surface area contributed by atoms with Crippen molar-refractivity contribution in [1.29, 1.82) is 0 Å². The lowest BCUT2D eigenvalue weighted by Gasteiger charge is -2.18. The fraction of sp³-hybridized carbons (Fsp3) is 0.500. The smallest absolute Gasteiger partial charge is 0.222 e. The highest BCUT2D eigenvalue weighted by Gasteiger charge is 2.42. The Labute approximate surface area is 151 Å². The van der Waals surface area contributed by atoms with Crippen LogP contribution in [-0.2, 0) is 22.6 Å². The van der Waals surface area contributed by atoms with E-state index in [-0.39, 0.29) is 18.1 Å². The third-order valence-electron chi connectivity index (χ3n) is 4.84. The number of carbonyl (C=O) groups excluding carboxylic acids is 1. The first-order chi connectivity index (χ1) is 12.3. The molecular weight excluding hydrogens is 336 g/mol. The minimum atomic E-state index is 0.0373. The van der Waals surface area contributed by atoms with E-state index in [1.165, 1.54) is 0 Å². The second-order valence-electron chi connectivity index (χ2n) is 6.71. The Hall–Kier alpha value is -1.83. The van der Waals surface area contributed by atoms with Crippen molar-refractivity contribution >= 4 is 17.2 Å². The van der Waals surface area contributed by atoms with Gasteiger partial charge in [0.05, 0.1) is 37.4 Å². The van der Waals surface area contributed by atoms with Crippen molar-refractivity contribution in [3.8, 4) is 0 Å². The molecule has 0 spiro atoms. The van der Waals surface area contributed by atoms with Gasteiger partial charge in [-0.15, -0.1) is 11.3 Å². The SMILES string of the molecule is O=C(C[C@@H]1C[C@@H]2CN(Cc3nccs3)C[C@@H]2O1)NCc1ccccn1. The van der Waals surface area contributed by atoms with E-state index in [0.29, 0.717) is 18.9 Å². The molecular formula is C18H22N4O2S. The number of ether oxygens (including phenoxy) is 1. The highest BCUT2D eigenvalue weighted by Crippen LogP contribution is 2.34. The molecule has 1 amide bonds. The summed E-state index contributed by atoms with van der Waals surface area (Å²) in [6.45, 7) is 3.36. The quantitative estimate of drug-likeness (QED) is 0.853. The van der Waals surface area contributed by atoms with Crippen LogP contribution in [0.25, 0.3) is 0 Å². The Morgan fingerprint density at radius 3 is 3.04 bits per heavy atom. The Bertz CT molecular complexity index is 680. The van der Waals surface area contributed by atoms with Gasteiger partial charge in [-0.3, -0.25) is 14.7 Å². The standard InChI is InChI=1S/C18H22N4O2S/c23-17(21-9-14-3-1-2-4-19-14)8-15-7-13-10-22(11-16(13)24-15)12-18-20-5-6-25-18/h1-6,13,15-16H,7-12H2,(H,21,23)/t13-,15+,16+/m1/s1. The first-order valence-corrected chi connectivity index (χ1v) is 9.57. The summed E-state index contributed by atoms with van der Waals surface area (Å²) in [6.07, 6.45) is 5.30. The highest BCUT2D eigenvalue weighted by molar-refractivity contribution is 7.09. The summed E-state index contributed by atoms with van der Waals surface area (Å²) < 4.78 is 6.12. The summed E-state index contributed by atoms with van der Waals surface area (Å²) in [5.74, 6) is 0.573. The van der Waals surface area contributed by atoms with Gasteiger partial charge in [0, 0.05) is 36.8 Å². The molecule has 2 aliphatic heterocycles. The summed E-state index contributed by atoms with van der Waals surface area (Å²) in [6, 6.07) is 5.70. The number of fused-ring (bicyclic) bond motifs is 1.